The number of rotatable bonds is 2. The molecule has 0 saturated heterocycles. The van der Waals surface area contributed by atoms with E-state index in [9.17, 15) is 18.0 Å². The van der Waals surface area contributed by atoms with Gasteiger partial charge in [-0.3, -0.25) is 4.79 Å². The lowest BCUT2D eigenvalue weighted by Crippen LogP contribution is -2.06. The SMILES string of the molecule is COc1ccc(-c2cccc3ccc(=O)[nH]c23)c2cc(C(F)(F)F)nn12. The van der Waals surface area contributed by atoms with Crippen LogP contribution < -0.4 is 10.3 Å². The molecule has 0 radical (unpaired) electrons. The van der Waals surface area contributed by atoms with Gasteiger partial charge in [-0.05, 0) is 23.6 Å². The van der Waals surface area contributed by atoms with Gasteiger partial charge in [0.15, 0.2) is 5.69 Å². The predicted molar refractivity (Wildman–Crippen MR) is 90.3 cm³/mol. The van der Waals surface area contributed by atoms with E-state index in [-0.39, 0.29) is 17.0 Å². The Bertz CT molecular complexity index is 1190. The topological polar surface area (TPSA) is 59.4 Å². The first-order chi connectivity index (χ1) is 12.4. The van der Waals surface area contributed by atoms with Crippen LogP contribution in [0.15, 0.2) is 53.3 Å². The van der Waals surface area contributed by atoms with Gasteiger partial charge >= 0.3 is 6.18 Å². The molecule has 0 fully saturated rings. The first-order valence-electron chi connectivity index (χ1n) is 7.65. The van der Waals surface area contributed by atoms with Crippen LogP contribution in [0.4, 0.5) is 13.2 Å². The van der Waals surface area contributed by atoms with Gasteiger partial charge in [0.25, 0.3) is 0 Å². The molecule has 0 saturated carbocycles. The zero-order valence-electron chi connectivity index (χ0n) is 13.5. The molecule has 0 aliphatic rings. The maximum absolute atomic E-state index is 13.1. The molecule has 3 aromatic heterocycles. The van der Waals surface area contributed by atoms with Crippen molar-refractivity contribution in [3.05, 3.63) is 64.6 Å². The molecule has 0 bridgehead atoms. The van der Waals surface area contributed by atoms with Crippen LogP contribution in [0.25, 0.3) is 27.5 Å². The second-order valence-corrected chi connectivity index (χ2v) is 5.71. The lowest BCUT2D eigenvalue weighted by atomic mass is 10.0. The van der Waals surface area contributed by atoms with Crippen LogP contribution in [0.5, 0.6) is 5.88 Å². The fourth-order valence-corrected chi connectivity index (χ4v) is 2.98. The van der Waals surface area contributed by atoms with Crippen LogP contribution in [0, 0.1) is 0 Å². The number of aromatic amines is 1. The van der Waals surface area contributed by atoms with Crippen molar-refractivity contribution in [2.75, 3.05) is 7.11 Å². The molecule has 0 atom stereocenters. The van der Waals surface area contributed by atoms with E-state index in [0.29, 0.717) is 16.6 Å². The van der Waals surface area contributed by atoms with Gasteiger partial charge in [-0.25, -0.2) is 0 Å². The Kier molecular flexibility index (Phi) is 3.50. The first-order valence-corrected chi connectivity index (χ1v) is 7.65. The van der Waals surface area contributed by atoms with E-state index in [0.717, 1.165) is 16.0 Å². The number of alkyl halides is 3. The van der Waals surface area contributed by atoms with Crippen LogP contribution >= 0.6 is 0 Å². The summed E-state index contributed by atoms with van der Waals surface area (Å²) in [6.45, 7) is 0. The largest absolute Gasteiger partial charge is 0.481 e. The highest BCUT2D eigenvalue weighted by Gasteiger charge is 2.35. The van der Waals surface area contributed by atoms with Gasteiger partial charge in [-0.1, -0.05) is 18.2 Å². The Morgan fingerprint density at radius 1 is 1.08 bits per heavy atom. The van der Waals surface area contributed by atoms with Gasteiger partial charge in [0.1, 0.15) is 0 Å². The minimum Gasteiger partial charge on any atom is -0.481 e. The number of ether oxygens (including phenoxy) is 1. The number of benzene rings is 1. The summed E-state index contributed by atoms with van der Waals surface area (Å²) in [6.07, 6.45) is -4.58. The third-order valence-electron chi connectivity index (χ3n) is 4.14. The molecule has 0 amide bonds. The van der Waals surface area contributed by atoms with E-state index in [1.165, 1.54) is 19.2 Å². The van der Waals surface area contributed by atoms with E-state index in [1.807, 2.05) is 6.07 Å². The highest BCUT2D eigenvalue weighted by molar-refractivity contribution is 5.97. The quantitative estimate of drug-likeness (QED) is 0.591. The molecule has 4 aromatic rings. The number of nitrogens with one attached hydrogen (secondary N) is 1. The monoisotopic (exact) mass is 359 g/mol. The summed E-state index contributed by atoms with van der Waals surface area (Å²) in [5, 5.41) is 4.40. The fraction of sp³-hybridized carbons (Fsp3) is 0.111. The van der Waals surface area contributed by atoms with E-state index in [4.69, 9.17) is 4.74 Å². The number of fused-ring (bicyclic) bond motifs is 2. The maximum Gasteiger partial charge on any atom is 0.435 e. The average Bonchev–Trinajstić information content (AvgIpc) is 3.06. The third kappa shape index (κ3) is 2.50. The molecule has 0 unspecified atom stereocenters. The molecule has 8 heteroatoms. The van der Waals surface area contributed by atoms with Crippen LogP contribution in [0.2, 0.25) is 0 Å². The number of aromatic nitrogens is 3. The number of hydrogen-bond acceptors (Lipinski definition) is 3. The minimum absolute atomic E-state index is 0.174. The number of pyridine rings is 2. The van der Waals surface area contributed by atoms with Gasteiger partial charge in [0, 0.05) is 23.3 Å². The van der Waals surface area contributed by atoms with E-state index in [1.54, 1.807) is 24.3 Å². The maximum atomic E-state index is 13.1. The standard InChI is InChI=1S/C18H12F3N3O2/c1-26-16-8-6-11(13-9-14(18(19,20)21)23-24(13)16)12-4-2-3-10-5-7-15(25)22-17(10)12/h2-9H,1H3,(H,22,25). The van der Waals surface area contributed by atoms with Crippen molar-refractivity contribution in [2.24, 2.45) is 0 Å². The zero-order valence-corrected chi connectivity index (χ0v) is 13.5. The number of halogens is 3. The Labute approximate surface area is 144 Å². The van der Waals surface area contributed by atoms with Crippen molar-refractivity contribution in [3.8, 4) is 17.0 Å². The predicted octanol–water partition coefficient (Wildman–Crippen LogP) is 3.87. The average molecular weight is 359 g/mol. The Hall–Kier alpha value is -3.29. The van der Waals surface area contributed by atoms with Crippen molar-refractivity contribution < 1.29 is 17.9 Å². The lowest BCUT2D eigenvalue weighted by molar-refractivity contribution is -0.141. The Morgan fingerprint density at radius 2 is 1.88 bits per heavy atom. The molecule has 0 spiro atoms. The fourth-order valence-electron chi connectivity index (χ4n) is 2.98. The van der Waals surface area contributed by atoms with Gasteiger partial charge in [0.05, 0.1) is 18.1 Å². The summed E-state index contributed by atoms with van der Waals surface area (Å²) >= 11 is 0. The minimum atomic E-state index is -4.58. The van der Waals surface area contributed by atoms with Crippen molar-refractivity contribution in [1.82, 2.24) is 14.6 Å². The molecule has 0 aliphatic carbocycles. The normalized spacial score (nSPS) is 12.0. The smallest absolute Gasteiger partial charge is 0.435 e. The van der Waals surface area contributed by atoms with Crippen LogP contribution in [0.1, 0.15) is 5.69 Å². The molecule has 132 valence electrons. The third-order valence-corrected chi connectivity index (χ3v) is 4.14. The summed E-state index contributed by atoms with van der Waals surface area (Å²) in [4.78, 5) is 14.5. The highest BCUT2D eigenvalue weighted by Crippen LogP contribution is 2.36. The van der Waals surface area contributed by atoms with Crippen LogP contribution in [-0.4, -0.2) is 21.7 Å². The van der Waals surface area contributed by atoms with Crippen LogP contribution in [0.3, 0.4) is 0 Å². The molecular weight excluding hydrogens is 347 g/mol. The highest BCUT2D eigenvalue weighted by atomic mass is 19.4. The van der Waals surface area contributed by atoms with Gasteiger partial charge in [-0.2, -0.15) is 22.8 Å². The molecule has 1 N–H and O–H groups in total. The molecule has 4 rings (SSSR count). The Morgan fingerprint density at radius 3 is 2.62 bits per heavy atom. The molecule has 0 aliphatic heterocycles. The molecule has 1 aromatic carbocycles. The van der Waals surface area contributed by atoms with E-state index in [2.05, 4.69) is 10.1 Å². The first kappa shape index (κ1) is 16.2. The second kappa shape index (κ2) is 5.62. The molecule has 5 nitrogen and oxygen atoms in total. The Balaban J connectivity index is 2.08. The number of nitrogens with zero attached hydrogens (tertiary/aromatic N) is 2. The molecular formula is C18H12F3N3O2. The lowest BCUT2D eigenvalue weighted by Gasteiger charge is -2.10. The van der Waals surface area contributed by atoms with Crippen molar-refractivity contribution in [2.45, 2.75) is 6.18 Å². The number of para-hydroxylation sites is 1. The zero-order chi connectivity index (χ0) is 18.5. The van der Waals surface area contributed by atoms with Crippen LogP contribution in [-0.2, 0) is 6.18 Å². The summed E-state index contributed by atoms with van der Waals surface area (Å²) in [5.74, 6) is 0.174. The number of H-pyrrole nitrogens is 1. The summed E-state index contributed by atoms with van der Waals surface area (Å²) in [5.41, 5.74) is 0.564. The number of methoxy groups -OCH3 is 1. The summed E-state index contributed by atoms with van der Waals surface area (Å²) in [7, 11) is 1.36. The van der Waals surface area contributed by atoms with E-state index >= 15 is 0 Å². The molecule has 26 heavy (non-hydrogen) atoms. The van der Waals surface area contributed by atoms with Crippen molar-refractivity contribution in [1.29, 1.82) is 0 Å². The van der Waals surface area contributed by atoms with Gasteiger partial charge < -0.3 is 9.72 Å². The molecule has 3 heterocycles. The van der Waals surface area contributed by atoms with E-state index < -0.39 is 11.9 Å². The second-order valence-electron chi connectivity index (χ2n) is 5.71. The van der Waals surface area contributed by atoms with Gasteiger partial charge in [0.2, 0.25) is 11.4 Å². The summed E-state index contributed by atoms with van der Waals surface area (Å²) < 4.78 is 45.6. The number of hydrogen-bond donors (Lipinski definition) is 1. The summed E-state index contributed by atoms with van der Waals surface area (Å²) in [6, 6.07) is 12.5. The van der Waals surface area contributed by atoms with Crippen molar-refractivity contribution in [3.63, 3.8) is 0 Å². The van der Waals surface area contributed by atoms with Crippen molar-refractivity contribution >= 4 is 16.4 Å². The van der Waals surface area contributed by atoms with Gasteiger partial charge in [-0.15, -0.1) is 0 Å².